The van der Waals surface area contributed by atoms with Crippen molar-refractivity contribution >= 4 is 11.2 Å². The van der Waals surface area contributed by atoms with Gasteiger partial charge in [-0.05, 0) is 0 Å². The zero-order valence-corrected chi connectivity index (χ0v) is 10.2. The second-order valence-electron chi connectivity index (χ2n) is 4.54. The highest BCUT2D eigenvalue weighted by atomic mass is 16.6. The van der Waals surface area contributed by atoms with Crippen LogP contribution in [0.2, 0.25) is 0 Å². The third-order valence-corrected chi connectivity index (χ3v) is 3.41. The molecule has 9 heteroatoms. The zero-order chi connectivity index (χ0) is 14.3. The van der Waals surface area contributed by atoms with Crippen LogP contribution in [-0.4, -0.2) is 48.0 Å². The predicted molar refractivity (Wildman–Crippen MR) is 64.3 cm³/mol. The molecule has 0 saturated carbocycles. The van der Waals surface area contributed by atoms with Crippen molar-refractivity contribution in [1.29, 1.82) is 5.26 Å². The Morgan fingerprint density at radius 2 is 2.45 bits per heavy atom. The number of rotatable bonds is 2. The first-order valence-electron chi connectivity index (χ1n) is 5.89. The second kappa shape index (κ2) is 4.38. The monoisotopic (exact) mass is 277 g/mol. The number of fused-ring (bicyclic) bond motifs is 1. The van der Waals surface area contributed by atoms with E-state index in [1.165, 1.54) is 17.2 Å². The van der Waals surface area contributed by atoms with Crippen LogP contribution in [0.15, 0.2) is 17.4 Å². The quantitative estimate of drug-likeness (QED) is 0.617. The summed E-state index contributed by atoms with van der Waals surface area (Å²) in [6.45, 7) is -0.623. The predicted octanol–water partition coefficient (Wildman–Crippen LogP) is -1.35. The molecule has 0 aromatic carbocycles. The van der Waals surface area contributed by atoms with Crippen molar-refractivity contribution in [3.05, 3.63) is 23.0 Å². The molecule has 3 atom stereocenters. The Morgan fingerprint density at radius 3 is 3.10 bits per heavy atom. The molecule has 0 aliphatic carbocycles. The summed E-state index contributed by atoms with van der Waals surface area (Å²) < 4.78 is 6.92. The lowest BCUT2D eigenvalue weighted by atomic mass is 10.00. The highest BCUT2D eigenvalue weighted by molar-refractivity contribution is 5.68. The Hall–Kier alpha value is -2.28. The van der Waals surface area contributed by atoms with E-state index in [0.29, 0.717) is 0 Å². The summed E-state index contributed by atoms with van der Waals surface area (Å²) in [5.41, 5.74) is -1.62. The number of nitriles is 1. The summed E-state index contributed by atoms with van der Waals surface area (Å²) in [4.78, 5) is 21.9. The molecule has 3 heterocycles. The van der Waals surface area contributed by atoms with Gasteiger partial charge in [-0.15, -0.1) is 0 Å². The molecule has 0 radical (unpaired) electrons. The number of aliphatic hydroxyl groups excluding tert-OH is 2. The van der Waals surface area contributed by atoms with E-state index >= 15 is 0 Å². The van der Waals surface area contributed by atoms with Crippen molar-refractivity contribution in [3.63, 3.8) is 0 Å². The van der Waals surface area contributed by atoms with Crippen LogP contribution >= 0.6 is 0 Å². The molecular weight excluding hydrogens is 266 g/mol. The van der Waals surface area contributed by atoms with Gasteiger partial charge in [0.1, 0.15) is 18.4 Å². The minimum absolute atomic E-state index is 0.0913. The molecule has 9 nitrogen and oxygen atoms in total. The molecule has 1 saturated heterocycles. The Kier molecular flexibility index (Phi) is 2.79. The first kappa shape index (κ1) is 12.7. The Balaban J connectivity index is 2.04. The number of hydrogen-bond acceptors (Lipinski definition) is 7. The number of hydrogen-bond donors (Lipinski definition) is 3. The molecule has 2 aromatic rings. The Morgan fingerprint density at radius 1 is 1.65 bits per heavy atom. The van der Waals surface area contributed by atoms with E-state index in [1.54, 1.807) is 6.07 Å². The van der Waals surface area contributed by atoms with E-state index in [2.05, 4.69) is 15.0 Å². The van der Waals surface area contributed by atoms with E-state index in [-0.39, 0.29) is 23.1 Å². The van der Waals surface area contributed by atoms with E-state index < -0.39 is 24.5 Å². The van der Waals surface area contributed by atoms with Gasteiger partial charge >= 0.3 is 0 Å². The SMILES string of the molecule is N#C[C@@]1(CO)O[C@@H](n2cnc3c(=O)[nH]cnc32)C[C@H]1O. The van der Waals surface area contributed by atoms with Crippen LogP contribution in [0, 0.1) is 11.3 Å². The summed E-state index contributed by atoms with van der Waals surface area (Å²) in [5.74, 6) is 0. The van der Waals surface area contributed by atoms with Gasteiger partial charge in [-0.2, -0.15) is 5.26 Å². The standard InChI is InChI=1S/C11H11N5O4/c12-2-11(3-17)6(18)1-7(20-11)16-5-15-8-9(16)13-4-14-10(8)19/h4-7,17-18H,1,3H2,(H,13,14,19)/t6-,7-,11+/m1/s1. The van der Waals surface area contributed by atoms with Gasteiger partial charge in [0.15, 0.2) is 11.2 Å². The minimum atomic E-state index is -1.66. The molecule has 0 unspecified atom stereocenters. The molecular formula is C11H11N5O4. The zero-order valence-electron chi connectivity index (χ0n) is 10.2. The van der Waals surface area contributed by atoms with E-state index in [1.807, 2.05) is 0 Å². The van der Waals surface area contributed by atoms with Crippen LogP contribution in [0.4, 0.5) is 0 Å². The minimum Gasteiger partial charge on any atom is -0.392 e. The lowest BCUT2D eigenvalue weighted by Gasteiger charge is -2.21. The first-order valence-corrected chi connectivity index (χ1v) is 5.89. The third kappa shape index (κ3) is 1.63. The summed E-state index contributed by atoms with van der Waals surface area (Å²) in [6.07, 6.45) is 0.819. The maximum atomic E-state index is 11.6. The molecule has 1 aliphatic heterocycles. The molecule has 1 aliphatic rings. The number of aromatic amines is 1. The van der Waals surface area contributed by atoms with E-state index in [9.17, 15) is 15.0 Å². The molecule has 0 amide bonds. The number of aromatic nitrogens is 4. The first-order chi connectivity index (χ1) is 9.61. The summed E-state index contributed by atoms with van der Waals surface area (Å²) >= 11 is 0. The topological polar surface area (TPSA) is 137 Å². The van der Waals surface area contributed by atoms with Crippen LogP contribution in [0.25, 0.3) is 11.2 Å². The van der Waals surface area contributed by atoms with Gasteiger partial charge in [-0.25, -0.2) is 9.97 Å². The maximum Gasteiger partial charge on any atom is 0.278 e. The molecule has 3 rings (SSSR count). The van der Waals surface area contributed by atoms with Gasteiger partial charge in [0.25, 0.3) is 5.56 Å². The van der Waals surface area contributed by atoms with Crippen molar-refractivity contribution in [2.75, 3.05) is 6.61 Å². The molecule has 0 spiro atoms. The van der Waals surface area contributed by atoms with E-state index in [4.69, 9.17) is 10.00 Å². The average Bonchev–Trinajstić information content (AvgIpc) is 3.01. The lowest BCUT2D eigenvalue weighted by molar-refractivity contribution is -0.0904. The van der Waals surface area contributed by atoms with E-state index in [0.717, 1.165) is 0 Å². The van der Waals surface area contributed by atoms with Crippen LogP contribution in [0.3, 0.4) is 0 Å². The van der Waals surface area contributed by atoms with Gasteiger partial charge in [-0.3, -0.25) is 9.36 Å². The van der Waals surface area contributed by atoms with Crippen molar-refractivity contribution in [1.82, 2.24) is 19.5 Å². The van der Waals surface area contributed by atoms with Crippen molar-refractivity contribution in [2.45, 2.75) is 24.4 Å². The maximum absolute atomic E-state index is 11.6. The number of aliphatic hydroxyl groups is 2. The normalized spacial score (nSPS) is 29.6. The molecule has 2 aromatic heterocycles. The summed E-state index contributed by atoms with van der Waals surface area (Å²) in [7, 11) is 0. The summed E-state index contributed by atoms with van der Waals surface area (Å²) in [5, 5.41) is 28.2. The average molecular weight is 277 g/mol. The molecule has 0 bridgehead atoms. The summed E-state index contributed by atoms with van der Waals surface area (Å²) in [6, 6.07) is 1.78. The number of H-pyrrole nitrogens is 1. The molecule has 3 N–H and O–H groups in total. The van der Waals surface area contributed by atoms with Gasteiger partial charge in [-0.1, -0.05) is 0 Å². The smallest absolute Gasteiger partial charge is 0.278 e. The van der Waals surface area contributed by atoms with Crippen LogP contribution < -0.4 is 5.56 Å². The van der Waals surface area contributed by atoms with Gasteiger partial charge in [0.05, 0.1) is 19.3 Å². The fourth-order valence-corrected chi connectivity index (χ4v) is 2.27. The highest BCUT2D eigenvalue weighted by Gasteiger charge is 2.49. The highest BCUT2D eigenvalue weighted by Crippen LogP contribution is 2.37. The van der Waals surface area contributed by atoms with Crippen LogP contribution in [0.5, 0.6) is 0 Å². The van der Waals surface area contributed by atoms with Gasteiger partial charge in [0, 0.05) is 6.42 Å². The lowest BCUT2D eigenvalue weighted by Crippen LogP contribution is -2.41. The van der Waals surface area contributed by atoms with Gasteiger partial charge < -0.3 is 19.9 Å². The number of ether oxygens (including phenoxy) is 1. The molecule has 104 valence electrons. The Bertz CT molecular complexity index is 747. The molecule has 20 heavy (non-hydrogen) atoms. The van der Waals surface area contributed by atoms with Crippen molar-refractivity contribution in [3.8, 4) is 6.07 Å². The number of imidazole rings is 1. The van der Waals surface area contributed by atoms with Crippen LogP contribution in [-0.2, 0) is 4.74 Å². The Labute approximate surface area is 112 Å². The molecule has 1 fully saturated rings. The largest absolute Gasteiger partial charge is 0.392 e. The number of nitrogens with zero attached hydrogens (tertiary/aromatic N) is 4. The second-order valence-corrected chi connectivity index (χ2v) is 4.54. The fourth-order valence-electron chi connectivity index (χ4n) is 2.27. The third-order valence-electron chi connectivity index (χ3n) is 3.41. The van der Waals surface area contributed by atoms with Gasteiger partial charge in [0.2, 0.25) is 5.60 Å². The fraction of sp³-hybridized carbons (Fsp3) is 0.455. The van der Waals surface area contributed by atoms with Crippen molar-refractivity contribution < 1.29 is 14.9 Å². The van der Waals surface area contributed by atoms with Crippen molar-refractivity contribution in [2.24, 2.45) is 0 Å². The number of nitrogens with one attached hydrogen (secondary N) is 1. The van der Waals surface area contributed by atoms with Crippen LogP contribution in [0.1, 0.15) is 12.6 Å².